The summed E-state index contributed by atoms with van der Waals surface area (Å²) in [6, 6.07) is 9.56. The Morgan fingerprint density at radius 3 is 2.76 bits per heavy atom. The Kier molecular flexibility index (Phi) is 3.39. The molecule has 1 N–H and O–H groups in total. The molecular formula is C12H11NO3S. The van der Waals surface area contributed by atoms with Crippen molar-refractivity contribution in [3.8, 4) is 5.88 Å². The number of rotatable bonds is 4. The normalized spacial score (nSPS) is 10.2. The van der Waals surface area contributed by atoms with E-state index in [0.717, 1.165) is 16.9 Å². The van der Waals surface area contributed by atoms with Crippen molar-refractivity contribution in [2.24, 2.45) is 0 Å². The molecule has 5 heteroatoms. The van der Waals surface area contributed by atoms with Crippen molar-refractivity contribution in [2.45, 2.75) is 13.5 Å². The Bertz CT molecular complexity index is 522. The van der Waals surface area contributed by atoms with Gasteiger partial charge in [-0.2, -0.15) is 0 Å². The van der Waals surface area contributed by atoms with E-state index in [1.54, 1.807) is 6.92 Å². The number of hydrogen-bond donors (Lipinski definition) is 1. The standard InChI is InChI=1S/C12H11NO3S/c1-8-13-11(10(17-8)12(14)15)16-7-9-5-3-2-4-6-9/h2-6H,7H2,1H3,(H,14,15). The van der Waals surface area contributed by atoms with Crippen molar-refractivity contribution < 1.29 is 14.6 Å². The first kappa shape index (κ1) is 11.6. The van der Waals surface area contributed by atoms with E-state index in [-0.39, 0.29) is 10.8 Å². The number of aryl methyl sites for hydroxylation is 1. The van der Waals surface area contributed by atoms with Crippen molar-refractivity contribution in [3.05, 3.63) is 45.8 Å². The average molecular weight is 249 g/mol. The molecule has 2 rings (SSSR count). The number of hydrogen-bond acceptors (Lipinski definition) is 4. The fourth-order valence-electron chi connectivity index (χ4n) is 1.37. The van der Waals surface area contributed by atoms with E-state index < -0.39 is 5.97 Å². The molecule has 88 valence electrons. The third-order valence-electron chi connectivity index (χ3n) is 2.12. The monoisotopic (exact) mass is 249 g/mol. The van der Waals surface area contributed by atoms with Crippen molar-refractivity contribution >= 4 is 17.3 Å². The molecule has 4 nitrogen and oxygen atoms in total. The maximum absolute atomic E-state index is 10.9. The van der Waals surface area contributed by atoms with E-state index in [1.807, 2.05) is 30.3 Å². The third-order valence-corrected chi connectivity index (χ3v) is 3.06. The first-order chi connectivity index (χ1) is 8.16. The van der Waals surface area contributed by atoms with E-state index in [0.29, 0.717) is 11.6 Å². The summed E-state index contributed by atoms with van der Waals surface area (Å²) in [4.78, 5) is 15.2. The predicted octanol–water partition coefficient (Wildman–Crippen LogP) is 2.73. The summed E-state index contributed by atoms with van der Waals surface area (Å²) in [5.74, 6) is -0.803. The number of carboxylic acid groups (broad SMARTS) is 1. The van der Waals surface area contributed by atoms with E-state index in [1.165, 1.54) is 0 Å². The molecule has 0 saturated heterocycles. The Labute approximate surface area is 103 Å². The number of aromatic carboxylic acids is 1. The molecule has 0 fully saturated rings. The van der Waals surface area contributed by atoms with E-state index >= 15 is 0 Å². The molecule has 0 atom stereocenters. The van der Waals surface area contributed by atoms with Crippen LogP contribution in [0.4, 0.5) is 0 Å². The number of ether oxygens (including phenoxy) is 1. The van der Waals surface area contributed by atoms with Crippen molar-refractivity contribution in [1.29, 1.82) is 0 Å². The lowest BCUT2D eigenvalue weighted by molar-refractivity contribution is 0.0697. The lowest BCUT2D eigenvalue weighted by Gasteiger charge is -2.03. The molecule has 0 unspecified atom stereocenters. The van der Waals surface area contributed by atoms with Gasteiger partial charge in [0.2, 0.25) is 5.88 Å². The summed E-state index contributed by atoms with van der Waals surface area (Å²) in [5, 5.41) is 9.65. The lowest BCUT2D eigenvalue weighted by atomic mass is 10.2. The first-order valence-electron chi connectivity index (χ1n) is 5.04. The number of aromatic nitrogens is 1. The molecule has 0 spiro atoms. The molecule has 0 saturated carbocycles. The molecule has 0 aliphatic carbocycles. The zero-order chi connectivity index (χ0) is 12.3. The Morgan fingerprint density at radius 2 is 2.12 bits per heavy atom. The zero-order valence-corrected chi connectivity index (χ0v) is 10.0. The smallest absolute Gasteiger partial charge is 0.351 e. The third kappa shape index (κ3) is 2.82. The number of nitrogens with zero attached hydrogens (tertiary/aromatic N) is 1. The highest BCUT2D eigenvalue weighted by Gasteiger charge is 2.17. The van der Waals surface area contributed by atoms with E-state index in [2.05, 4.69) is 4.98 Å². The van der Waals surface area contributed by atoms with Crippen LogP contribution in [0.3, 0.4) is 0 Å². The lowest BCUT2D eigenvalue weighted by Crippen LogP contribution is -2.01. The minimum absolute atomic E-state index is 0.151. The summed E-state index contributed by atoms with van der Waals surface area (Å²) < 4.78 is 5.42. The second kappa shape index (κ2) is 4.97. The summed E-state index contributed by atoms with van der Waals surface area (Å²) in [5.41, 5.74) is 0.981. The summed E-state index contributed by atoms with van der Waals surface area (Å²) in [6.07, 6.45) is 0. The van der Waals surface area contributed by atoms with Gasteiger partial charge < -0.3 is 9.84 Å². The molecule has 0 radical (unpaired) electrons. The van der Waals surface area contributed by atoms with Crippen LogP contribution in [0.1, 0.15) is 20.2 Å². The molecule has 0 bridgehead atoms. The molecule has 0 amide bonds. The second-order valence-corrected chi connectivity index (χ2v) is 4.65. The number of carboxylic acids is 1. The molecule has 0 aliphatic heterocycles. The van der Waals surface area contributed by atoms with Gasteiger partial charge in [-0.3, -0.25) is 0 Å². The van der Waals surface area contributed by atoms with Gasteiger partial charge in [-0.1, -0.05) is 30.3 Å². The van der Waals surface area contributed by atoms with Gasteiger partial charge in [0.15, 0.2) is 4.88 Å². The highest BCUT2D eigenvalue weighted by molar-refractivity contribution is 7.13. The van der Waals surface area contributed by atoms with Gasteiger partial charge >= 0.3 is 5.97 Å². The topological polar surface area (TPSA) is 59.4 Å². The number of carbonyl (C=O) groups is 1. The minimum Gasteiger partial charge on any atom is -0.477 e. The minimum atomic E-state index is -1.00. The maximum atomic E-state index is 10.9. The fraction of sp³-hybridized carbons (Fsp3) is 0.167. The van der Waals surface area contributed by atoms with Crippen LogP contribution in [-0.4, -0.2) is 16.1 Å². The van der Waals surface area contributed by atoms with Crippen LogP contribution in [0.5, 0.6) is 5.88 Å². The van der Waals surface area contributed by atoms with E-state index in [9.17, 15) is 4.79 Å². The van der Waals surface area contributed by atoms with Crippen LogP contribution in [0, 0.1) is 6.92 Å². The quantitative estimate of drug-likeness (QED) is 0.905. The SMILES string of the molecule is Cc1nc(OCc2ccccc2)c(C(=O)O)s1. The van der Waals surface area contributed by atoms with Gasteiger partial charge in [-0.05, 0) is 12.5 Å². The highest BCUT2D eigenvalue weighted by atomic mass is 32.1. The maximum Gasteiger partial charge on any atom is 0.351 e. The molecule has 17 heavy (non-hydrogen) atoms. The zero-order valence-electron chi connectivity index (χ0n) is 9.21. The van der Waals surface area contributed by atoms with Gasteiger partial charge in [-0.25, -0.2) is 9.78 Å². The van der Waals surface area contributed by atoms with Crippen LogP contribution in [0.15, 0.2) is 30.3 Å². The van der Waals surface area contributed by atoms with Gasteiger partial charge in [0.25, 0.3) is 0 Å². The summed E-state index contributed by atoms with van der Waals surface area (Å²) >= 11 is 1.12. The van der Waals surface area contributed by atoms with Crippen molar-refractivity contribution in [2.75, 3.05) is 0 Å². The van der Waals surface area contributed by atoms with Crippen molar-refractivity contribution in [3.63, 3.8) is 0 Å². The van der Waals surface area contributed by atoms with Gasteiger partial charge in [-0.15, -0.1) is 11.3 Å². The molecule has 1 aromatic carbocycles. The number of benzene rings is 1. The molecule has 2 aromatic rings. The molecular weight excluding hydrogens is 238 g/mol. The van der Waals surface area contributed by atoms with Crippen LogP contribution in [0.2, 0.25) is 0 Å². The van der Waals surface area contributed by atoms with Gasteiger partial charge in [0, 0.05) is 0 Å². The Hall–Kier alpha value is -1.88. The molecule has 1 aromatic heterocycles. The Balaban J connectivity index is 2.11. The van der Waals surface area contributed by atoms with Gasteiger partial charge in [0.1, 0.15) is 6.61 Å². The Morgan fingerprint density at radius 1 is 1.41 bits per heavy atom. The predicted molar refractivity (Wildman–Crippen MR) is 64.6 cm³/mol. The van der Waals surface area contributed by atoms with Crippen LogP contribution < -0.4 is 4.74 Å². The van der Waals surface area contributed by atoms with E-state index in [4.69, 9.17) is 9.84 Å². The molecule has 1 heterocycles. The number of thiazole rings is 1. The highest BCUT2D eigenvalue weighted by Crippen LogP contribution is 2.25. The average Bonchev–Trinajstić information content (AvgIpc) is 2.69. The fourth-order valence-corrected chi connectivity index (χ4v) is 2.07. The van der Waals surface area contributed by atoms with Crippen molar-refractivity contribution in [1.82, 2.24) is 4.98 Å². The first-order valence-corrected chi connectivity index (χ1v) is 5.86. The second-order valence-electron chi connectivity index (χ2n) is 3.45. The van der Waals surface area contributed by atoms with Gasteiger partial charge in [0.05, 0.1) is 5.01 Å². The van der Waals surface area contributed by atoms with Crippen LogP contribution in [-0.2, 0) is 6.61 Å². The largest absolute Gasteiger partial charge is 0.477 e. The van der Waals surface area contributed by atoms with Crippen LogP contribution >= 0.6 is 11.3 Å². The summed E-state index contributed by atoms with van der Waals surface area (Å²) in [6.45, 7) is 2.08. The van der Waals surface area contributed by atoms with Crippen LogP contribution in [0.25, 0.3) is 0 Å². The summed E-state index contributed by atoms with van der Waals surface area (Å²) in [7, 11) is 0. The molecule has 0 aliphatic rings.